The molecule has 5 rings (SSSR count). The van der Waals surface area contributed by atoms with E-state index < -0.39 is 0 Å². The monoisotopic (exact) mass is 446 g/mol. The molecule has 0 radical (unpaired) electrons. The summed E-state index contributed by atoms with van der Waals surface area (Å²) < 4.78 is 13.1. The Labute approximate surface area is 191 Å². The minimum atomic E-state index is 0.479. The maximum atomic E-state index is 5.63. The Morgan fingerprint density at radius 2 is 2.03 bits per heavy atom. The van der Waals surface area contributed by atoms with E-state index in [0.29, 0.717) is 18.3 Å². The van der Waals surface area contributed by atoms with Crippen molar-refractivity contribution in [3.05, 3.63) is 42.5 Å². The van der Waals surface area contributed by atoms with Gasteiger partial charge in [0.2, 0.25) is 5.95 Å². The SMILES string of the molecule is COc1cc(-c2nncn2C)ccc1Nc1ncc2c(C)cnc(N3CCCOCC3)c2n1. The number of methoxy groups -OCH3 is 1. The Hall–Kier alpha value is -3.79. The number of anilines is 3. The van der Waals surface area contributed by atoms with Gasteiger partial charge in [-0.1, -0.05) is 0 Å². The fourth-order valence-corrected chi connectivity index (χ4v) is 3.98. The highest BCUT2D eigenvalue weighted by molar-refractivity contribution is 5.91. The van der Waals surface area contributed by atoms with Crippen LogP contribution in [-0.4, -0.2) is 63.1 Å². The van der Waals surface area contributed by atoms with E-state index >= 15 is 0 Å². The van der Waals surface area contributed by atoms with Crippen LogP contribution in [-0.2, 0) is 11.8 Å². The van der Waals surface area contributed by atoms with Crippen LogP contribution in [0.25, 0.3) is 22.3 Å². The van der Waals surface area contributed by atoms with Gasteiger partial charge in [0.1, 0.15) is 17.6 Å². The molecular weight excluding hydrogens is 420 g/mol. The lowest BCUT2D eigenvalue weighted by atomic mass is 10.1. The van der Waals surface area contributed by atoms with E-state index in [0.717, 1.165) is 65.5 Å². The van der Waals surface area contributed by atoms with Gasteiger partial charge in [0.15, 0.2) is 11.6 Å². The zero-order valence-electron chi connectivity index (χ0n) is 18.9. The third kappa shape index (κ3) is 4.17. The van der Waals surface area contributed by atoms with Crippen molar-refractivity contribution in [2.24, 2.45) is 7.05 Å². The van der Waals surface area contributed by atoms with Gasteiger partial charge < -0.3 is 24.3 Å². The molecule has 1 aliphatic heterocycles. The normalized spacial score (nSPS) is 14.3. The summed E-state index contributed by atoms with van der Waals surface area (Å²) in [7, 11) is 3.54. The van der Waals surface area contributed by atoms with Crippen LogP contribution in [0.2, 0.25) is 0 Å². The number of aryl methyl sites for hydroxylation is 2. The van der Waals surface area contributed by atoms with Crippen molar-refractivity contribution in [1.82, 2.24) is 29.7 Å². The van der Waals surface area contributed by atoms with E-state index in [9.17, 15) is 0 Å². The number of hydrogen-bond donors (Lipinski definition) is 1. The summed E-state index contributed by atoms with van der Waals surface area (Å²) in [6.45, 7) is 5.15. The highest BCUT2D eigenvalue weighted by atomic mass is 16.5. The second-order valence-corrected chi connectivity index (χ2v) is 7.98. The first-order chi connectivity index (χ1) is 16.1. The minimum Gasteiger partial charge on any atom is -0.495 e. The summed E-state index contributed by atoms with van der Waals surface area (Å²) in [5, 5.41) is 12.4. The van der Waals surface area contributed by atoms with Gasteiger partial charge >= 0.3 is 0 Å². The molecule has 0 atom stereocenters. The first-order valence-corrected chi connectivity index (χ1v) is 10.9. The highest BCUT2D eigenvalue weighted by Gasteiger charge is 2.18. The second-order valence-electron chi connectivity index (χ2n) is 7.98. The molecular formula is C23H26N8O2. The summed E-state index contributed by atoms with van der Waals surface area (Å²) in [5.41, 5.74) is 3.52. The lowest BCUT2D eigenvalue weighted by molar-refractivity contribution is 0.152. The summed E-state index contributed by atoms with van der Waals surface area (Å²) in [6.07, 6.45) is 6.36. The quantitative estimate of drug-likeness (QED) is 0.495. The summed E-state index contributed by atoms with van der Waals surface area (Å²) in [4.78, 5) is 16.4. The largest absolute Gasteiger partial charge is 0.495 e. The van der Waals surface area contributed by atoms with Gasteiger partial charge in [-0.3, -0.25) is 0 Å². The van der Waals surface area contributed by atoms with E-state index in [1.807, 2.05) is 49.1 Å². The predicted molar refractivity (Wildman–Crippen MR) is 126 cm³/mol. The van der Waals surface area contributed by atoms with E-state index in [1.54, 1.807) is 13.4 Å². The van der Waals surface area contributed by atoms with Crippen LogP contribution >= 0.6 is 0 Å². The maximum Gasteiger partial charge on any atom is 0.227 e. The van der Waals surface area contributed by atoms with Gasteiger partial charge in [0.05, 0.1) is 19.4 Å². The molecule has 0 amide bonds. The molecule has 1 aromatic carbocycles. The lowest BCUT2D eigenvalue weighted by Crippen LogP contribution is -2.27. The number of benzene rings is 1. The lowest BCUT2D eigenvalue weighted by Gasteiger charge is -2.22. The molecule has 33 heavy (non-hydrogen) atoms. The third-order valence-electron chi connectivity index (χ3n) is 5.75. The van der Waals surface area contributed by atoms with E-state index in [-0.39, 0.29) is 0 Å². The Kier molecular flexibility index (Phi) is 5.74. The molecule has 0 unspecified atom stereocenters. The van der Waals surface area contributed by atoms with Crippen molar-refractivity contribution in [1.29, 1.82) is 0 Å². The van der Waals surface area contributed by atoms with E-state index in [2.05, 4.69) is 25.4 Å². The molecule has 10 nitrogen and oxygen atoms in total. The van der Waals surface area contributed by atoms with Gasteiger partial charge in [-0.25, -0.2) is 15.0 Å². The highest BCUT2D eigenvalue weighted by Crippen LogP contribution is 2.32. The van der Waals surface area contributed by atoms with Crippen LogP contribution < -0.4 is 15.0 Å². The standard InChI is InChI=1S/C23H26N8O2/c1-15-12-24-22(31-7-4-9-33-10-8-31)20-17(15)13-25-23(28-20)27-18-6-5-16(11-19(18)32-3)21-29-26-14-30(21)2/h5-6,11-14H,4,7-10H2,1-3H3,(H,25,27,28). The smallest absolute Gasteiger partial charge is 0.227 e. The van der Waals surface area contributed by atoms with E-state index in [4.69, 9.17) is 19.4 Å². The van der Waals surface area contributed by atoms with Crippen molar-refractivity contribution in [2.75, 3.05) is 43.6 Å². The Balaban J connectivity index is 1.50. The van der Waals surface area contributed by atoms with Crippen LogP contribution in [0.15, 0.2) is 36.9 Å². The summed E-state index contributed by atoms with van der Waals surface area (Å²) in [5.74, 6) is 2.75. The molecule has 0 aliphatic carbocycles. The molecule has 0 spiro atoms. The van der Waals surface area contributed by atoms with Crippen LogP contribution in [0.3, 0.4) is 0 Å². The molecule has 0 bridgehead atoms. The fourth-order valence-electron chi connectivity index (χ4n) is 3.98. The molecule has 1 fully saturated rings. The number of pyridine rings is 1. The number of aromatic nitrogens is 6. The van der Waals surface area contributed by atoms with Crippen molar-refractivity contribution in [2.45, 2.75) is 13.3 Å². The molecule has 1 N–H and O–H groups in total. The number of rotatable bonds is 5. The first kappa shape index (κ1) is 21.1. The number of nitrogens with one attached hydrogen (secondary N) is 1. The summed E-state index contributed by atoms with van der Waals surface area (Å²) >= 11 is 0. The maximum absolute atomic E-state index is 5.63. The van der Waals surface area contributed by atoms with Crippen LogP contribution in [0.5, 0.6) is 5.75 Å². The molecule has 1 aliphatic rings. The number of hydrogen-bond acceptors (Lipinski definition) is 9. The van der Waals surface area contributed by atoms with Gasteiger partial charge in [-0.15, -0.1) is 10.2 Å². The first-order valence-electron chi connectivity index (χ1n) is 10.9. The van der Waals surface area contributed by atoms with E-state index in [1.165, 1.54) is 0 Å². The molecule has 4 heterocycles. The van der Waals surface area contributed by atoms with Crippen LogP contribution in [0.4, 0.5) is 17.5 Å². The molecule has 170 valence electrons. The fraction of sp³-hybridized carbons (Fsp3) is 0.348. The Morgan fingerprint density at radius 1 is 1.12 bits per heavy atom. The molecule has 1 saturated heterocycles. The Bertz CT molecular complexity index is 1280. The zero-order chi connectivity index (χ0) is 22.8. The molecule has 3 aromatic heterocycles. The van der Waals surface area contributed by atoms with Gasteiger partial charge in [0.25, 0.3) is 0 Å². The number of nitrogens with zero attached hydrogens (tertiary/aromatic N) is 7. The predicted octanol–water partition coefficient (Wildman–Crippen LogP) is 3.11. The third-order valence-corrected chi connectivity index (χ3v) is 5.75. The van der Waals surface area contributed by atoms with Gasteiger partial charge in [-0.05, 0) is 37.1 Å². The van der Waals surface area contributed by atoms with Crippen molar-refractivity contribution in [3.8, 4) is 17.1 Å². The number of fused-ring (bicyclic) bond motifs is 1. The average Bonchev–Trinajstić information content (AvgIpc) is 3.08. The molecule has 4 aromatic rings. The van der Waals surface area contributed by atoms with Crippen molar-refractivity contribution >= 4 is 28.4 Å². The average molecular weight is 447 g/mol. The van der Waals surface area contributed by atoms with Crippen molar-refractivity contribution in [3.63, 3.8) is 0 Å². The molecule has 10 heteroatoms. The van der Waals surface area contributed by atoms with Gasteiger partial charge in [0, 0.05) is 50.1 Å². The molecule has 0 saturated carbocycles. The second kappa shape index (κ2) is 8.99. The minimum absolute atomic E-state index is 0.479. The Morgan fingerprint density at radius 3 is 2.85 bits per heavy atom. The topological polar surface area (TPSA) is 103 Å². The van der Waals surface area contributed by atoms with Crippen LogP contribution in [0.1, 0.15) is 12.0 Å². The zero-order valence-corrected chi connectivity index (χ0v) is 18.9. The van der Waals surface area contributed by atoms with Gasteiger partial charge in [-0.2, -0.15) is 0 Å². The van der Waals surface area contributed by atoms with Crippen molar-refractivity contribution < 1.29 is 9.47 Å². The van der Waals surface area contributed by atoms with Crippen LogP contribution in [0, 0.1) is 6.92 Å². The summed E-state index contributed by atoms with van der Waals surface area (Å²) in [6, 6.07) is 5.81. The number of ether oxygens (including phenoxy) is 2.